The number of carbonyl (C=O) groups is 1. The Bertz CT molecular complexity index is 1190. The molecular formula is C30H39FN4O2. The highest BCUT2D eigenvalue weighted by molar-refractivity contribution is 5.83. The third-order valence-electron chi connectivity index (χ3n) is 7.30. The number of hydrogen-bond acceptors (Lipinski definition) is 5. The van der Waals surface area contributed by atoms with Gasteiger partial charge in [-0.3, -0.25) is 9.48 Å². The second-order valence-electron chi connectivity index (χ2n) is 10.5. The van der Waals surface area contributed by atoms with Gasteiger partial charge in [-0.25, -0.2) is 9.38 Å². The summed E-state index contributed by atoms with van der Waals surface area (Å²) in [4.78, 5) is 20.3. The summed E-state index contributed by atoms with van der Waals surface area (Å²) in [5, 5.41) is 4.76. The first-order valence-corrected chi connectivity index (χ1v) is 13.4. The van der Waals surface area contributed by atoms with Crippen LogP contribution in [0.5, 0.6) is 0 Å². The fourth-order valence-electron chi connectivity index (χ4n) is 5.17. The van der Waals surface area contributed by atoms with Crippen molar-refractivity contribution in [1.29, 1.82) is 0 Å². The monoisotopic (exact) mass is 506 g/mol. The van der Waals surface area contributed by atoms with Crippen LogP contribution in [0.3, 0.4) is 0 Å². The van der Waals surface area contributed by atoms with Crippen LogP contribution in [0.25, 0.3) is 11.3 Å². The van der Waals surface area contributed by atoms with E-state index in [1.165, 1.54) is 6.07 Å². The zero-order chi connectivity index (χ0) is 26.4. The fourth-order valence-corrected chi connectivity index (χ4v) is 5.17. The van der Waals surface area contributed by atoms with Crippen molar-refractivity contribution in [3.63, 3.8) is 0 Å². The topological polar surface area (TPSA) is 59.7 Å². The number of likely N-dealkylation sites (tertiary alicyclic amines) is 1. The molecule has 1 aromatic carbocycles. The zero-order valence-electron chi connectivity index (χ0n) is 22.5. The number of aryl methyl sites for hydroxylation is 1. The van der Waals surface area contributed by atoms with Gasteiger partial charge < -0.3 is 9.64 Å². The molecule has 37 heavy (non-hydrogen) atoms. The maximum atomic E-state index is 13.8. The number of aliphatic imine (C=N–C) groups is 1. The van der Waals surface area contributed by atoms with Gasteiger partial charge in [0, 0.05) is 37.2 Å². The Morgan fingerprint density at radius 1 is 1.22 bits per heavy atom. The molecule has 0 saturated carbocycles. The third kappa shape index (κ3) is 6.96. The van der Waals surface area contributed by atoms with Crippen LogP contribution in [0.1, 0.15) is 69.5 Å². The van der Waals surface area contributed by atoms with Crippen LogP contribution >= 0.6 is 0 Å². The molecule has 1 saturated heterocycles. The molecule has 1 atom stereocenters. The highest BCUT2D eigenvalue weighted by atomic mass is 19.1. The predicted octanol–water partition coefficient (Wildman–Crippen LogP) is 6.42. The number of carbonyl (C=O) groups excluding carboxylic acids is 1. The molecule has 3 heterocycles. The molecular weight excluding hydrogens is 467 g/mol. The van der Waals surface area contributed by atoms with Gasteiger partial charge in [-0.05, 0) is 80.3 Å². The van der Waals surface area contributed by atoms with E-state index in [2.05, 4.69) is 24.8 Å². The number of rotatable bonds is 7. The van der Waals surface area contributed by atoms with Gasteiger partial charge >= 0.3 is 0 Å². The Kier molecular flexibility index (Phi) is 8.95. The zero-order valence-corrected chi connectivity index (χ0v) is 22.5. The molecule has 2 aliphatic heterocycles. The van der Waals surface area contributed by atoms with E-state index < -0.39 is 0 Å². The first-order valence-electron chi connectivity index (χ1n) is 13.4. The van der Waals surface area contributed by atoms with E-state index in [0.717, 1.165) is 73.7 Å². The lowest BCUT2D eigenvalue weighted by Gasteiger charge is -2.24. The molecule has 198 valence electrons. The lowest BCUT2D eigenvalue weighted by molar-refractivity contribution is -0.120. The molecule has 0 bridgehead atoms. The van der Waals surface area contributed by atoms with Crippen molar-refractivity contribution < 1.29 is 13.9 Å². The number of benzene rings is 1. The molecule has 2 aromatic rings. The quantitative estimate of drug-likeness (QED) is 0.435. The number of ether oxygens (including phenoxy) is 1. The van der Waals surface area contributed by atoms with E-state index >= 15 is 0 Å². The normalized spacial score (nSPS) is 18.6. The summed E-state index contributed by atoms with van der Waals surface area (Å²) >= 11 is 0. The highest BCUT2D eigenvalue weighted by Gasteiger charge is 2.23. The number of aromatic nitrogens is 2. The molecule has 0 radical (unpaired) electrons. The molecule has 7 heteroatoms. The first-order chi connectivity index (χ1) is 17.8. The van der Waals surface area contributed by atoms with Gasteiger partial charge in [-0.15, -0.1) is 0 Å². The van der Waals surface area contributed by atoms with Crippen LogP contribution in [-0.4, -0.2) is 46.5 Å². The number of methoxy groups -OCH3 is 1. The molecule has 0 amide bonds. The fraction of sp³-hybridized carbons (Fsp3) is 0.500. The SMILES string of the molecule is COC1=CN=C(N2CCCC(CC(=O)Cn3nc(-c4ccc(F)c(C)c4)cc3C(C)C)CC2)CCC=C1. The van der Waals surface area contributed by atoms with Crippen molar-refractivity contribution in [2.24, 2.45) is 10.9 Å². The summed E-state index contributed by atoms with van der Waals surface area (Å²) in [6.45, 7) is 8.14. The minimum atomic E-state index is -0.223. The minimum Gasteiger partial charge on any atom is -0.495 e. The lowest BCUT2D eigenvalue weighted by Crippen LogP contribution is -2.32. The van der Waals surface area contributed by atoms with E-state index in [1.54, 1.807) is 26.3 Å². The number of allylic oxidation sites excluding steroid dienone is 2. The Balaban J connectivity index is 1.39. The van der Waals surface area contributed by atoms with E-state index in [0.29, 0.717) is 17.9 Å². The summed E-state index contributed by atoms with van der Waals surface area (Å²) in [7, 11) is 1.67. The Labute approximate surface area is 219 Å². The average molecular weight is 507 g/mol. The van der Waals surface area contributed by atoms with Crippen molar-refractivity contribution in [1.82, 2.24) is 14.7 Å². The van der Waals surface area contributed by atoms with E-state index in [-0.39, 0.29) is 24.1 Å². The van der Waals surface area contributed by atoms with Crippen molar-refractivity contribution in [2.45, 2.75) is 71.8 Å². The second kappa shape index (κ2) is 12.3. The van der Waals surface area contributed by atoms with E-state index in [1.807, 2.05) is 22.9 Å². The molecule has 0 N–H and O–H groups in total. The second-order valence-corrected chi connectivity index (χ2v) is 10.5. The number of halogens is 1. The van der Waals surface area contributed by atoms with Crippen LogP contribution in [0.2, 0.25) is 0 Å². The maximum absolute atomic E-state index is 13.8. The highest BCUT2D eigenvalue weighted by Crippen LogP contribution is 2.27. The number of amidine groups is 1. The van der Waals surface area contributed by atoms with Gasteiger partial charge in [0.25, 0.3) is 0 Å². The van der Waals surface area contributed by atoms with Gasteiger partial charge in [0.2, 0.25) is 0 Å². The molecule has 0 spiro atoms. The molecule has 4 rings (SSSR count). The third-order valence-corrected chi connectivity index (χ3v) is 7.30. The summed E-state index contributed by atoms with van der Waals surface area (Å²) in [5.41, 5.74) is 3.27. The van der Waals surface area contributed by atoms with Crippen LogP contribution < -0.4 is 0 Å². The molecule has 1 aromatic heterocycles. The van der Waals surface area contributed by atoms with Crippen molar-refractivity contribution in [3.05, 3.63) is 65.5 Å². The van der Waals surface area contributed by atoms with Gasteiger partial charge in [-0.2, -0.15) is 5.10 Å². The van der Waals surface area contributed by atoms with Gasteiger partial charge in [0.15, 0.2) is 5.78 Å². The van der Waals surface area contributed by atoms with Crippen LogP contribution in [-0.2, 0) is 16.1 Å². The molecule has 1 fully saturated rings. The number of Topliss-reactive ketones (excluding diaryl/α,β-unsaturated/α-hetero) is 1. The van der Waals surface area contributed by atoms with E-state index in [9.17, 15) is 9.18 Å². The van der Waals surface area contributed by atoms with Gasteiger partial charge in [0.05, 0.1) is 25.5 Å². The molecule has 2 aliphatic rings. The minimum absolute atomic E-state index is 0.214. The summed E-state index contributed by atoms with van der Waals surface area (Å²) < 4.78 is 20.9. The average Bonchev–Trinajstić information content (AvgIpc) is 3.13. The van der Waals surface area contributed by atoms with Crippen molar-refractivity contribution >= 4 is 11.6 Å². The van der Waals surface area contributed by atoms with Crippen molar-refractivity contribution in [2.75, 3.05) is 20.2 Å². The smallest absolute Gasteiger partial charge is 0.154 e. The largest absolute Gasteiger partial charge is 0.495 e. The summed E-state index contributed by atoms with van der Waals surface area (Å²) in [6.07, 6.45) is 11.4. The summed E-state index contributed by atoms with van der Waals surface area (Å²) in [6, 6.07) is 7.07. The van der Waals surface area contributed by atoms with Crippen LogP contribution in [0.4, 0.5) is 4.39 Å². The standard InChI is InChI=1S/C30H39FN4O2/c1-21(2)29-18-28(24-11-12-27(31)22(3)16-24)33-35(29)20-25(36)17-23-8-7-14-34(15-13-23)30-10-6-5-9-26(37-4)19-32-30/h5,9,11-12,16,18-19,21,23H,6-8,10,13-15,17,20H2,1-4H3. The molecule has 1 unspecified atom stereocenters. The Morgan fingerprint density at radius 2 is 2.05 bits per heavy atom. The predicted molar refractivity (Wildman–Crippen MR) is 146 cm³/mol. The van der Waals surface area contributed by atoms with Gasteiger partial charge in [-0.1, -0.05) is 19.9 Å². The molecule has 0 aliphatic carbocycles. The molecule has 6 nitrogen and oxygen atoms in total. The van der Waals surface area contributed by atoms with Gasteiger partial charge in [0.1, 0.15) is 17.4 Å². The number of ketones is 1. The van der Waals surface area contributed by atoms with Crippen LogP contribution in [0, 0.1) is 18.7 Å². The lowest BCUT2D eigenvalue weighted by atomic mass is 9.94. The van der Waals surface area contributed by atoms with Crippen LogP contribution in [0.15, 0.2) is 53.4 Å². The number of nitrogens with zero attached hydrogens (tertiary/aromatic N) is 4. The Morgan fingerprint density at radius 3 is 2.81 bits per heavy atom. The van der Waals surface area contributed by atoms with E-state index in [4.69, 9.17) is 14.8 Å². The van der Waals surface area contributed by atoms with Crippen molar-refractivity contribution in [3.8, 4) is 11.3 Å². The first kappa shape index (κ1) is 26.8. The summed E-state index contributed by atoms with van der Waals surface area (Å²) in [5.74, 6) is 2.47. The Hall–Kier alpha value is -3.22. The maximum Gasteiger partial charge on any atom is 0.154 e. The number of hydrogen-bond donors (Lipinski definition) is 0.